The maximum Gasteiger partial charge on any atom is 0.243 e. The molecular weight excluding hydrogens is 380 g/mol. The van der Waals surface area contributed by atoms with Crippen LogP contribution in [0.3, 0.4) is 0 Å². The molecule has 8 heteroatoms. The first-order valence-electron chi connectivity index (χ1n) is 8.73. The molecule has 0 aliphatic rings. The van der Waals surface area contributed by atoms with E-state index in [9.17, 15) is 8.42 Å². The highest BCUT2D eigenvalue weighted by Gasteiger charge is 2.20. The molecule has 0 aliphatic heterocycles. The molecule has 0 saturated heterocycles. The van der Waals surface area contributed by atoms with E-state index in [1.165, 1.54) is 9.21 Å². The van der Waals surface area contributed by atoms with Crippen molar-refractivity contribution < 1.29 is 13.3 Å². The molecule has 0 atom stereocenters. The van der Waals surface area contributed by atoms with Gasteiger partial charge in [-0.25, -0.2) is 8.42 Å². The molecule has 0 fully saturated rings. The molecule has 2 aromatic rings. The first-order chi connectivity index (χ1) is 12.8. The zero-order valence-corrected chi connectivity index (χ0v) is 17.5. The summed E-state index contributed by atoms with van der Waals surface area (Å²) in [5, 5.41) is 6.71. The number of hydrogen-bond donors (Lipinski definition) is 3. The minimum Gasteiger partial charge on any atom is -0.357 e. The van der Waals surface area contributed by atoms with Crippen LogP contribution in [-0.2, 0) is 16.6 Å². The Balaban J connectivity index is 1.97. The number of benzene rings is 2. The van der Waals surface area contributed by atoms with E-state index in [1.54, 1.807) is 31.3 Å². The molecule has 0 amide bonds. The zero-order chi connectivity index (χ0) is 19.9. The molecule has 27 heavy (non-hydrogen) atoms. The standard InChI is InChI=1S/C19H26N4O2S2/c1-22(2)14-13-20-19(26)21-17-9-11-18(12-10-17)27(24,25)23(3)15-16-7-5-4-6-8-16/h4-12H,13-15H2,1-3H3,(H2,20,21,26)/p+1. The molecule has 0 heterocycles. The van der Waals surface area contributed by atoms with E-state index in [-0.39, 0.29) is 4.90 Å². The van der Waals surface area contributed by atoms with Crippen LogP contribution in [0.5, 0.6) is 0 Å². The lowest BCUT2D eigenvalue weighted by molar-refractivity contribution is -0.856. The number of rotatable bonds is 8. The predicted octanol–water partition coefficient (Wildman–Crippen LogP) is 0.938. The number of thiocarbonyl (C=S) groups is 1. The number of likely N-dealkylation sites (N-methyl/N-ethyl adjacent to an activating group) is 1. The number of hydrogen-bond acceptors (Lipinski definition) is 3. The second-order valence-corrected chi connectivity index (χ2v) is 9.06. The normalized spacial score (nSPS) is 11.6. The van der Waals surface area contributed by atoms with Crippen LogP contribution < -0.4 is 15.5 Å². The monoisotopic (exact) mass is 407 g/mol. The maximum absolute atomic E-state index is 12.7. The molecular formula is C19H27N4O2S2+. The summed E-state index contributed by atoms with van der Waals surface area (Å²) in [6.07, 6.45) is 0. The Hall–Kier alpha value is -2.00. The summed E-state index contributed by atoms with van der Waals surface area (Å²) >= 11 is 5.25. The Bertz CT molecular complexity index is 838. The van der Waals surface area contributed by atoms with Gasteiger partial charge in [0.15, 0.2) is 5.11 Å². The van der Waals surface area contributed by atoms with Gasteiger partial charge in [0.25, 0.3) is 0 Å². The van der Waals surface area contributed by atoms with Crippen molar-refractivity contribution in [3.05, 3.63) is 60.2 Å². The molecule has 2 aromatic carbocycles. The summed E-state index contributed by atoms with van der Waals surface area (Å²) in [7, 11) is 2.18. The van der Waals surface area contributed by atoms with Crippen LogP contribution in [0, 0.1) is 0 Å². The van der Waals surface area contributed by atoms with E-state index < -0.39 is 10.0 Å². The largest absolute Gasteiger partial charge is 0.357 e. The first-order valence-corrected chi connectivity index (χ1v) is 10.6. The third kappa shape index (κ3) is 6.59. The molecule has 6 nitrogen and oxygen atoms in total. The van der Waals surface area contributed by atoms with E-state index in [1.807, 2.05) is 30.3 Å². The third-order valence-corrected chi connectivity index (χ3v) is 6.04. The van der Waals surface area contributed by atoms with Crippen molar-refractivity contribution in [3.8, 4) is 0 Å². The van der Waals surface area contributed by atoms with Crippen LogP contribution >= 0.6 is 12.2 Å². The van der Waals surface area contributed by atoms with Crippen LogP contribution in [0.25, 0.3) is 0 Å². The smallest absolute Gasteiger partial charge is 0.243 e. The molecule has 0 spiro atoms. The Kier molecular flexibility index (Phi) is 7.73. The number of sulfonamides is 1. The van der Waals surface area contributed by atoms with Gasteiger partial charge in [-0.15, -0.1) is 0 Å². The van der Waals surface area contributed by atoms with Crippen LogP contribution in [0.15, 0.2) is 59.5 Å². The van der Waals surface area contributed by atoms with E-state index >= 15 is 0 Å². The minimum atomic E-state index is -3.55. The lowest BCUT2D eigenvalue weighted by atomic mass is 10.2. The summed E-state index contributed by atoms with van der Waals surface area (Å²) in [5.41, 5.74) is 1.69. The van der Waals surface area contributed by atoms with Crippen LogP contribution in [0.1, 0.15) is 5.56 Å². The Morgan fingerprint density at radius 3 is 2.30 bits per heavy atom. The second-order valence-electron chi connectivity index (χ2n) is 6.61. The van der Waals surface area contributed by atoms with Crippen molar-refractivity contribution in [1.82, 2.24) is 9.62 Å². The number of nitrogens with one attached hydrogen (secondary N) is 3. The molecule has 0 bridgehead atoms. The fourth-order valence-corrected chi connectivity index (χ4v) is 3.80. The fourth-order valence-electron chi connectivity index (χ4n) is 2.42. The summed E-state index contributed by atoms with van der Waals surface area (Å²) in [6, 6.07) is 16.1. The van der Waals surface area contributed by atoms with Gasteiger partial charge >= 0.3 is 0 Å². The summed E-state index contributed by atoms with van der Waals surface area (Å²) < 4.78 is 26.8. The summed E-state index contributed by atoms with van der Waals surface area (Å²) in [5.74, 6) is 0. The molecule has 2 rings (SSSR count). The highest BCUT2D eigenvalue weighted by molar-refractivity contribution is 7.89. The highest BCUT2D eigenvalue weighted by Crippen LogP contribution is 2.19. The van der Waals surface area contributed by atoms with E-state index in [0.29, 0.717) is 11.7 Å². The van der Waals surface area contributed by atoms with Gasteiger partial charge in [0.2, 0.25) is 10.0 Å². The van der Waals surface area contributed by atoms with Crippen molar-refractivity contribution >= 4 is 33.0 Å². The van der Waals surface area contributed by atoms with Gasteiger partial charge in [-0.3, -0.25) is 0 Å². The van der Waals surface area contributed by atoms with Crippen LogP contribution in [-0.4, -0.2) is 52.1 Å². The quantitative estimate of drug-likeness (QED) is 0.569. The van der Waals surface area contributed by atoms with Crippen molar-refractivity contribution in [1.29, 1.82) is 0 Å². The van der Waals surface area contributed by atoms with Crippen molar-refractivity contribution in [2.75, 3.05) is 39.5 Å². The summed E-state index contributed by atoms with van der Waals surface area (Å²) in [4.78, 5) is 1.58. The minimum absolute atomic E-state index is 0.251. The molecule has 0 unspecified atom stereocenters. The molecule has 0 radical (unpaired) electrons. The lowest BCUT2D eigenvalue weighted by Gasteiger charge is -2.18. The molecule has 0 aromatic heterocycles. The Labute approximate surface area is 167 Å². The van der Waals surface area contributed by atoms with Gasteiger partial charge < -0.3 is 15.5 Å². The van der Waals surface area contributed by atoms with Gasteiger partial charge in [-0.05, 0) is 42.0 Å². The average Bonchev–Trinajstić information content (AvgIpc) is 2.62. The lowest BCUT2D eigenvalue weighted by Crippen LogP contribution is -3.06. The van der Waals surface area contributed by atoms with Crippen molar-refractivity contribution in [2.24, 2.45) is 0 Å². The van der Waals surface area contributed by atoms with Crippen molar-refractivity contribution in [2.45, 2.75) is 11.4 Å². The maximum atomic E-state index is 12.7. The number of anilines is 1. The first kappa shape index (κ1) is 21.3. The fraction of sp³-hybridized carbons (Fsp3) is 0.316. The van der Waals surface area contributed by atoms with Crippen molar-refractivity contribution in [3.63, 3.8) is 0 Å². The van der Waals surface area contributed by atoms with Gasteiger partial charge in [0, 0.05) is 19.3 Å². The number of quaternary nitrogens is 1. The average molecular weight is 408 g/mol. The Morgan fingerprint density at radius 1 is 1.07 bits per heavy atom. The van der Waals surface area contributed by atoms with E-state index in [2.05, 4.69) is 24.7 Å². The highest BCUT2D eigenvalue weighted by atomic mass is 32.2. The van der Waals surface area contributed by atoms with Crippen LogP contribution in [0.2, 0.25) is 0 Å². The van der Waals surface area contributed by atoms with Gasteiger partial charge in [-0.1, -0.05) is 30.3 Å². The SMILES string of the molecule is CN(Cc1ccccc1)S(=O)(=O)c1ccc(NC(=S)NCC[NH+](C)C)cc1. The molecule has 3 N–H and O–H groups in total. The summed E-state index contributed by atoms with van der Waals surface area (Å²) in [6.45, 7) is 2.04. The van der Waals surface area contributed by atoms with Gasteiger partial charge in [-0.2, -0.15) is 4.31 Å². The molecule has 0 saturated carbocycles. The third-order valence-electron chi connectivity index (χ3n) is 3.98. The van der Waals surface area contributed by atoms with E-state index in [0.717, 1.165) is 24.3 Å². The van der Waals surface area contributed by atoms with Crippen LogP contribution in [0.4, 0.5) is 5.69 Å². The van der Waals surface area contributed by atoms with E-state index in [4.69, 9.17) is 12.2 Å². The van der Waals surface area contributed by atoms with Gasteiger partial charge in [0.1, 0.15) is 0 Å². The topological polar surface area (TPSA) is 65.9 Å². The van der Waals surface area contributed by atoms with Gasteiger partial charge in [0.05, 0.1) is 32.1 Å². The second kappa shape index (κ2) is 9.80. The molecule has 0 aliphatic carbocycles. The predicted molar refractivity (Wildman–Crippen MR) is 113 cm³/mol. The number of nitrogens with zero attached hydrogens (tertiary/aromatic N) is 1. The zero-order valence-electron chi connectivity index (χ0n) is 15.9. The molecule has 146 valence electrons. The Morgan fingerprint density at radius 2 is 1.70 bits per heavy atom.